The average Bonchev–Trinajstić information content (AvgIpc) is 2.32. The highest BCUT2D eigenvalue weighted by Crippen LogP contribution is 2.37. The molecule has 1 aromatic rings. The number of aryl methyl sites for hydroxylation is 1. The number of hydrogen-bond acceptors (Lipinski definition) is 3. The molecule has 20 heavy (non-hydrogen) atoms. The van der Waals surface area contributed by atoms with Gasteiger partial charge in [0.05, 0.1) is 4.90 Å². The second-order valence-corrected chi connectivity index (χ2v) is 8.70. The van der Waals surface area contributed by atoms with Crippen LogP contribution in [0.3, 0.4) is 0 Å². The van der Waals surface area contributed by atoms with E-state index in [4.69, 9.17) is 0 Å². The summed E-state index contributed by atoms with van der Waals surface area (Å²) in [5.74, 6) is 0. The maximum Gasteiger partial charge on any atom is 0.175 e. The molecule has 1 N–H and O–H groups in total. The van der Waals surface area contributed by atoms with Gasteiger partial charge in [-0.2, -0.15) is 0 Å². The van der Waals surface area contributed by atoms with Crippen LogP contribution in [0.4, 0.5) is 5.69 Å². The fourth-order valence-corrected chi connectivity index (χ4v) is 3.58. The first-order valence-electron chi connectivity index (χ1n) is 7.27. The van der Waals surface area contributed by atoms with Crippen LogP contribution in [0.25, 0.3) is 0 Å². The lowest BCUT2D eigenvalue weighted by Crippen LogP contribution is -2.39. The van der Waals surface area contributed by atoms with Gasteiger partial charge in [0.25, 0.3) is 0 Å². The van der Waals surface area contributed by atoms with Crippen LogP contribution in [0.15, 0.2) is 23.1 Å². The maximum absolute atomic E-state index is 11.7. The summed E-state index contributed by atoms with van der Waals surface area (Å²) in [4.78, 5) is 0.388. The van der Waals surface area contributed by atoms with Gasteiger partial charge in [0.15, 0.2) is 9.84 Å². The van der Waals surface area contributed by atoms with Gasteiger partial charge in [-0.25, -0.2) is 8.42 Å². The summed E-state index contributed by atoms with van der Waals surface area (Å²) in [5.41, 5.74) is 2.30. The molecule has 0 aromatic heterocycles. The molecule has 4 heteroatoms. The lowest BCUT2D eigenvalue weighted by molar-refractivity contribution is 0.217. The van der Waals surface area contributed by atoms with Crippen molar-refractivity contribution in [2.75, 3.05) is 11.6 Å². The lowest BCUT2D eigenvalue weighted by atomic mass is 9.73. The molecule has 0 heterocycles. The van der Waals surface area contributed by atoms with Crippen LogP contribution in [0.2, 0.25) is 0 Å². The van der Waals surface area contributed by atoms with Crippen molar-refractivity contribution in [3.05, 3.63) is 23.8 Å². The second kappa shape index (κ2) is 5.40. The standard InChI is InChI=1S/C16H25NO2S/c1-12-8-9-13(20(4,18)19)11-14(12)17-15-7-5-6-10-16(15,2)3/h8-9,11,15,17H,5-7,10H2,1-4H3. The summed E-state index contributed by atoms with van der Waals surface area (Å²) in [6, 6.07) is 5.75. The summed E-state index contributed by atoms with van der Waals surface area (Å²) < 4.78 is 23.4. The second-order valence-electron chi connectivity index (χ2n) is 6.68. The van der Waals surface area contributed by atoms with Crippen molar-refractivity contribution in [2.45, 2.75) is 57.4 Å². The number of benzene rings is 1. The minimum atomic E-state index is -3.15. The molecule has 0 bridgehead atoms. The van der Waals surface area contributed by atoms with Gasteiger partial charge < -0.3 is 5.32 Å². The fourth-order valence-electron chi connectivity index (χ4n) is 2.94. The van der Waals surface area contributed by atoms with Crippen molar-refractivity contribution in [3.63, 3.8) is 0 Å². The third kappa shape index (κ3) is 3.35. The molecule has 1 aromatic carbocycles. The molecule has 0 radical (unpaired) electrons. The van der Waals surface area contributed by atoms with E-state index in [-0.39, 0.29) is 5.41 Å². The number of anilines is 1. The Labute approximate surface area is 122 Å². The van der Waals surface area contributed by atoms with E-state index in [1.807, 2.05) is 13.0 Å². The van der Waals surface area contributed by atoms with Crippen LogP contribution in [0.5, 0.6) is 0 Å². The molecule has 1 fully saturated rings. The van der Waals surface area contributed by atoms with Gasteiger partial charge in [0.1, 0.15) is 0 Å². The molecule has 0 aliphatic heterocycles. The Morgan fingerprint density at radius 2 is 1.95 bits per heavy atom. The van der Waals surface area contributed by atoms with E-state index in [9.17, 15) is 8.42 Å². The van der Waals surface area contributed by atoms with Crippen LogP contribution >= 0.6 is 0 Å². The summed E-state index contributed by atoms with van der Waals surface area (Å²) in [6.07, 6.45) is 6.15. The van der Waals surface area contributed by atoms with Gasteiger partial charge in [0.2, 0.25) is 0 Å². The Bertz CT molecular complexity index is 590. The molecule has 3 nitrogen and oxygen atoms in total. The Kier molecular flexibility index (Phi) is 4.14. The van der Waals surface area contributed by atoms with E-state index < -0.39 is 9.84 Å². The third-order valence-electron chi connectivity index (χ3n) is 4.47. The molecular weight excluding hydrogens is 270 g/mol. The average molecular weight is 295 g/mol. The zero-order valence-electron chi connectivity index (χ0n) is 12.9. The molecule has 1 aliphatic rings. The molecular formula is C16H25NO2S. The van der Waals surface area contributed by atoms with Crippen molar-refractivity contribution in [2.24, 2.45) is 5.41 Å². The predicted octanol–water partition coefficient (Wildman–Crippen LogP) is 3.78. The Balaban J connectivity index is 2.29. The van der Waals surface area contributed by atoms with E-state index in [0.717, 1.165) is 17.7 Å². The molecule has 0 amide bonds. The van der Waals surface area contributed by atoms with Crippen molar-refractivity contribution in [1.29, 1.82) is 0 Å². The van der Waals surface area contributed by atoms with Crippen molar-refractivity contribution in [3.8, 4) is 0 Å². The van der Waals surface area contributed by atoms with Gasteiger partial charge in [-0.3, -0.25) is 0 Å². The zero-order chi connectivity index (χ0) is 15.0. The SMILES string of the molecule is Cc1ccc(S(C)(=O)=O)cc1NC1CCCCC1(C)C. The van der Waals surface area contributed by atoms with Gasteiger partial charge >= 0.3 is 0 Å². The van der Waals surface area contributed by atoms with Gasteiger partial charge in [-0.05, 0) is 42.9 Å². The Hall–Kier alpha value is -1.03. The van der Waals surface area contributed by atoms with Crippen molar-refractivity contribution >= 4 is 15.5 Å². The van der Waals surface area contributed by atoms with E-state index in [2.05, 4.69) is 19.2 Å². The minimum Gasteiger partial charge on any atom is -0.382 e. The Morgan fingerprint density at radius 1 is 1.25 bits per heavy atom. The van der Waals surface area contributed by atoms with Crippen molar-refractivity contribution in [1.82, 2.24) is 0 Å². The van der Waals surface area contributed by atoms with Crippen molar-refractivity contribution < 1.29 is 8.42 Å². The topological polar surface area (TPSA) is 46.2 Å². The number of sulfone groups is 1. The highest BCUT2D eigenvalue weighted by Gasteiger charge is 2.32. The molecule has 0 spiro atoms. The number of hydrogen-bond donors (Lipinski definition) is 1. The highest BCUT2D eigenvalue weighted by atomic mass is 32.2. The highest BCUT2D eigenvalue weighted by molar-refractivity contribution is 7.90. The van der Waals surface area contributed by atoms with Gasteiger partial charge in [-0.1, -0.05) is 32.8 Å². The third-order valence-corrected chi connectivity index (χ3v) is 5.58. The molecule has 1 unspecified atom stereocenters. The van der Waals surface area contributed by atoms with Crippen LogP contribution < -0.4 is 5.32 Å². The summed E-state index contributed by atoms with van der Waals surface area (Å²) in [6.45, 7) is 6.60. The molecule has 0 saturated heterocycles. The number of rotatable bonds is 3. The molecule has 2 rings (SSSR count). The smallest absolute Gasteiger partial charge is 0.175 e. The fraction of sp³-hybridized carbons (Fsp3) is 0.625. The minimum absolute atomic E-state index is 0.256. The molecule has 112 valence electrons. The first kappa shape index (κ1) is 15.4. The molecule has 1 saturated carbocycles. The summed E-state index contributed by atoms with van der Waals surface area (Å²) >= 11 is 0. The first-order valence-corrected chi connectivity index (χ1v) is 9.16. The monoisotopic (exact) mass is 295 g/mol. The van der Waals surface area contributed by atoms with Crippen LogP contribution in [-0.4, -0.2) is 20.7 Å². The van der Waals surface area contributed by atoms with Crippen LogP contribution in [0, 0.1) is 12.3 Å². The zero-order valence-corrected chi connectivity index (χ0v) is 13.7. The normalized spacial score (nSPS) is 22.5. The predicted molar refractivity (Wildman–Crippen MR) is 83.9 cm³/mol. The summed E-state index contributed by atoms with van der Waals surface area (Å²) in [5, 5.41) is 3.59. The lowest BCUT2D eigenvalue weighted by Gasteiger charge is -2.40. The molecule has 1 aliphatic carbocycles. The number of nitrogens with one attached hydrogen (secondary N) is 1. The van der Waals surface area contributed by atoms with Crippen LogP contribution in [-0.2, 0) is 9.84 Å². The van der Waals surface area contributed by atoms with Crippen LogP contribution in [0.1, 0.15) is 45.1 Å². The van der Waals surface area contributed by atoms with E-state index >= 15 is 0 Å². The van der Waals surface area contributed by atoms with E-state index in [1.165, 1.54) is 25.5 Å². The maximum atomic E-state index is 11.7. The molecule has 1 atom stereocenters. The van der Waals surface area contributed by atoms with E-state index in [0.29, 0.717) is 10.9 Å². The van der Waals surface area contributed by atoms with Gasteiger partial charge in [0, 0.05) is 18.0 Å². The first-order chi connectivity index (χ1) is 9.20. The summed E-state index contributed by atoms with van der Waals surface area (Å²) in [7, 11) is -3.15. The van der Waals surface area contributed by atoms with Gasteiger partial charge in [-0.15, -0.1) is 0 Å². The largest absolute Gasteiger partial charge is 0.382 e. The quantitative estimate of drug-likeness (QED) is 0.923. The van der Waals surface area contributed by atoms with E-state index in [1.54, 1.807) is 12.1 Å². The Morgan fingerprint density at radius 3 is 2.55 bits per heavy atom.